The lowest BCUT2D eigenvalue weighted by Crippen LogP contribution is -2.31. The normalized spacial score (nSPS) is 10.8. The highest BCUT2D eigenvalue weighted by atomic mass is 35.5. The summed E-state index contributed by atoms with van der Waals surface area (Å²) in [6, 6.07) is 13.4. The zero-order valence-electron chi connectivity index (χ0n) is 13.0. The number of hydrogen-bond donors (Lipinski definition) is 1. The van der Waals surface area contributed by atoms with Crippen molar-refractivity contribution in [2.75, 3.05) is 7.11 Å². The van der Waals surface area contributed by atoms with E-state index in [-0.39, 0.29) is 11.9 Å². The number of benzene rings is 2. The molecule has 0 saturated heterocycles. The summed E-state index contributed by atoms with van der Waals surface area (Å²) in [4.78, 5) is 12.4. The fourth-order valence-electron chi connectivity index (χ4n) is 2.34. The average molecular weight is 318 g/mol. The standard InChI is InChI=1S/C18H20ClNO2/c1-12(2)20-18(21)16-6-4-5-15(17(16)11-22-3)13-7-9-14(19)10-8-13/h4-10,12H,11H2,1-3H3,(H,20,21). The van der Waals surface area contributed by atoms with Gasteiger partial charge in [-0.2, -0.15) is 0 Å². The summed E-state index contributed by atoms with van der Waals surface area (Å²) < 4.78 is 5.30. The Bertz CT molecular complexity index is 651. The second-order valence-electron chi connectivity index (χ2n) is 5.40. The summed E-state index contributed by atoms with van der Waals surface area (Å²) >= 11 is 5.95. The van der Waals surface area contributed by atoms with Crippen LogP contribution in [0.1, 0.15) is 29.8 Å². The number of amides is 1. The van der Waals surface area contributed by atoms with Gasteiger partial charge >= 0.3 is 0 Å². The molecule has 0 aliphatic carbocycles. The Kier molecular flexibility index (Phi) is 5.58. The zero-order chi connectivity index (χ0) is 16.1. The highest BCUT2D eigenvalue weighted by Gasteiger charge is 2.16. The quantitative estimate of drug-likeness (QED) is 0.893. The second-order valence-corrected chi connectivity index (χ2v) is 5.84. The van der Waals surface area contributed by atoms with Gasteiger partial charge in [-0.1, -0.05) is 35.9 Å². The Morgan fingerprint density at radius 3 is 2.45 bits per heavy atom. The molecule has 2 aromatic carbocycles. The van der Waals surface area contributed by atoms with Gasteiger partial charge in [-0.05, 0) is 48.7 Å². The number of methoxy groups -OCH3 is 1. The summed E-state index contributed by atoms with van der Waals surface area (Å²) in [6.45, 7) is 4.26. The predicted molar refractivity (Wildman–Crippen MR) is 90.2 cm³/mol. The van der Waals surface area contributed by atoms with Crippen LogP contribution in [-0.4, -0.2) is 19.1 Å². The molecule has 1 amide bonds. The van der Waals surface area contributed by atoms with Gasteiger partial charge < -0.3 is 10.1 Å². The van der Waals surface area contributed by atoms with Crippen molar-refractivity contribution < 1.29 is 9.53 Å². The molecule has 2 aromatic rings. The molecule has 0 bridgehead atoms. The van der Waals surface area contributed by atoms with Crippen LogP contribution < -0.4 is 5.32 Å². The molecule has 0 fully saturated rings. The summed E-state index contributed by atoms with van der Waals surface area (Å²) in [5, 5.41) is 3.62. The van der Waals surface area contributed by atoms with Crippen LogP contribution in [0.5, 0.6) is 0 Å². The number of hydrogen-bond acceptors (Lipinski definition) is 2. The molecule has 0 aromatic heterocycles. The maximum Gasteiger partial charge on any atom is 0.251 e. The highest BCUT2D eigenvalue weighted by molar-refractivity contribution is 6.30. The van der Waals surface area contributed by atoms with Gasteiger partial charge in [-0.15, -0.1) is 0 Å². The molecule has 0 aliphatic heterocycles. The van der Waals surface area contributed by atoms with E-state index < -0.39 is 0 Å². The molecule has 3 nitrogen and oxygen atoms in total. The van der Waals surface area contributed by atoms with Crippen LogP contribution in [0.15, 0.2) is 42.5 Å². The number of ether oxygens (including phenoxy) is 1. The minimum atomic E-state index is -0.0853. The lowest BCUT2D eigenvalue weighted by Gasteiger charge is -2.16. The van der Waals surface area contributed by atoms with E-state index in [9.17, 15) is 4.79 Å². The first-order valence-corrected chi connectivity index (χ1v) is 7.58. The van der Waals surface area contributed by atoms with E-state index >= 15 is 0 Å². The van der Waals surface area contributed by atoms with E-state index in [1.165, 1.54) is 0 Å². The van der Waals surface area contributed by atoms with E-state index in [2.05, 4.69) is 5.32 Å². The van der Waals surface area contributed by atoms with Crippen LogP contribution >= 0.6 is 11.6 Å². The zero-order valence-corrected chi connectivity index (χ0v) is 13.8. The van der Waals surface area contributed by atoms with Crippen LogP contribution in [-0.2, 0) is 11.3 Å². The third-order valence-electron chi connectivity index (χ3n) is 3.28. The molecular weight excluding hydrogens is 298 g/mol. The van der Waals surface area contributed by atoms with Crippen molar-refractivity contribution in [2.24, 2.45) is 0 Å². The molecule has 0 heterocycles. The van der Waals surface area contributed by atoms with E-state index in [0.717, 1.165) is 16.7 Å². The molecule has 1 N–H and O–H groups in total. The van der Waals surface area contributed by atoms with Gasteiger partial charge in [0.15, 0.2) is 0 Å². The molecule has 0 saturated carbocycles. The van der Waals surface area contributed by atoms with E-state index in [0.29, 0.717) is 17.2 Å². The van der Waals surface area contributed by atoms with Gasteiger partial charge in [-0.25, -0.2) is 0 Å². The topological polar surface area (TPSA) is 38.3 Å². The molecule has 0 atom stereocenters. The smallest absolute Gasteiger partial charge is 0.251 e. The molecular formula is C18H20ClNO2. The van der Waals surface area contributed by atoms with Crippen LogP contribution in [0.2, 0.25) is 5.02 Å². The Morgan fingerprint density at radius 2 is 1.86 bits per heavy atom. The Labute approximate surface area is 136 Å². The van der Waals surface area contributed by atoms with Gasteiger partial charge in [0.1, 0.15) is 0 Å². The van der Waals surface area contributed by atoms with E-state index in [1.807, 2.05) is 56.3 Å². The average Bonchev–Trinajstić information content (AvgIpc) is 2.48. The second kappa shape index (κ2) is 7.43. The van der Waals surface area contributed by atoms with Crippen molar-refractivity contribution in [1.29, 1.82) is 0 Å². The van der Waals surface area contributed by atoms with E-state index in [4.69, 9.17) is 16.3 Å². The number of nitrogens with one attached hydrogen (secondary N) is 1. The van der Waals surface area contributed by atoms with Crippen LogP contribution in [0, 0.1) is 0 Å². The number of carbonyl (C=O) groups excluding carboxylic acids is 1. The molecule has 4 heteroatoms. The lowest BCUT2D eigenvalue weighted by molar-refractivity contribution is 0.0938. The molecule has 2 rings (SSSR count). The minimum absolute atomic E-state index is 0.0853. The van der Waals surface area contributed by atoms with Gasteiger partial charge in [0, 0.05) is 23.7 Å². The van der Waals surface area contributed by atoms with Crippen LogP contribution in [0.25, 0.3) is 11.1 Å². The summed E-state index contributed by atoms with van der Waals surface area (Å²) in [5.74, 6) is -0.0853. The first kappa shape index (κ1) is 16.5. The highest BCUT2D eigenvalue weighted by Crippen LogP contribution is 2.28. The third-order valence-corrected chi connectivity index (χ3v) is 3.54. The Hall–Kier alpha value is -1.84. The molecule has 0 radical (unpaired) electrons. The van der Waals surface area contributed by atoms with Crippen molar-refractivity contribution in [2.45, 2.75) is 26.5 Å². The number of halogens is 1. The SMILES string of the molecule is COCc1c(C(=O)NC(C)C)cccc1-c1ccc(Cl)cc1. The maximum absolute atomic E-state index is 12.4. The van der Waals surface area contributed by atoms with Crippen LogP contribution in [0.3, 0.4) is 0 Å². The van der Waals surface area contributed by atoms with Crippen molar-refractivity contribution in [3.05, 3.63) is 58.6 Å². The molecule has 0 spiro atoms. The van der Waals surface area contributed by atoms with Gasteiger partial charge in [-0.3, -0.25) is 4.79 Å². The van der Waals surface area contributed by atoms with Gasteiger partial charge in [0.2, 0.25) is 0 Å². The van der Waals surface area contributed by atoms with Crippen molar-refractivity contribution >= 4 is 17.5 Å². The third kappa shape index (κ3) is 3.87. The minimum Gasteiger partial charge on any atom is -0.380 e. The van der Waals surface area contributed by atoms with E-state index in [1.54, 1.807) is 7.11 Å². The fraction of sp³-hybridized carbons (Fsp3) is 0.278. The lowest BCUT2D eigenvalue weighted by atomic mass is 9.95. The maximum atomic E-state index is 12.4. The summed E-state index contributed by atoms with van der Waals surface area (Å²) in [6.07, 6.45) is 0. The molecule has 0 unspecified atom stereocenters. The molecule has 116 valence electrons. The number of rotatable bonds is 5. The van der Waals surface area contributed by atoms with Gasteiger partial charge in [0.05, 0.1) is 6.61 Å². The fourth-order valence-corrected chi connectivity index (χ4v) is 2.47. The van der Waals surface area contributed by atoms with Gasteiger partial charge in [0.25, 0.3) is 5.91 Å². The van der Waals surface area contributed by atoms with Crippen molar-refractivity contribution in [3.8, 4) is 11.1 Å². The Balaban J connectivity index is 2.50. The molecule has 0 aliphatic rings. The largest absolute Gasteiger partial charge is 0.380 e. The molecule has 22 heavy (non-hydrogen) atoms. The summed E-state index contributed by atoms with van der Waals surface area (Å²) in [7, 11) is 1.63. The monoisotopic (exact) mass is 317 g/mol. The first-order chi connectivity index (χ1) is 10.5. The predicted octanol–water partition coefficient (Wildman–Crippen LogP) is 4.29. The van der Waals surface area contributed by atoms with Crippen molar-refractivity contribution in [3.63, 3.8) is 0 Å². The number of carbonyl (C=O) groups is 1. The Morgan fingerprint density at radius 1 is 1.18 bits per heavy atom. The van der Waals surface area contributed by atoms with Crippen molar-refractivity contribution in [1.82, 2.24) is 5.32 Å². The first-order valence-electron chi connectivity index (χ1n) is 7.20. The van der Waals surface area contributed by atoms with Crippen LogP contribution in [0.4, 0.5) is 0 Å². The summed E-state index contributed by atoms with van der Waals surface area (Å²) in [5.41, 5.74) is 3.51.